The molecule has 1 aromatic carbocycles. The van der Waals surface area contributed by atoms with Gasteiger partial charge in [-0.05, 0) is 38.5 Å². The lowest BCUT2D eigenvalue weighted by Gasteiger charge is -2.22. The average molecular weight is 296 g/mol. The Kier molecular flexibility index (Phi) is 5.77. The fourth-order valence-corrected chi connectivity index (χ4v) is 1.95. The first-order valence-electron chi connectivity index (χ1n) is 6.31. The molecule has 0 aliphatic rings. The number of carboxylic acids is 1. The predicted molar refractivity (Wildman–Crippen MR) is 78.6 cm³/mol. The molecule has 1 rings (SSSR count). The molecule has 0 bridgehead atoms. The van der Waals surface area contributed by atoms with Crippen molar-refractivity contribution >= 4 is 23.5 Å². The van der Waals surface area contributed by atoms with E-state index in [4.69, 9.17) is 16.7 Å². The fraction of sp³-hybridized carbons (Fsp3) is 0.333. The largest absolute Gasteiger partial charge is 0.478 e. The quantitative estimate of drug-likeness (QED) is 0.849. The molecule has 5 heteroatoms. The van der Waals surface area contributed by atoms with Gasteiger partial charge in [0.1, 0.15) is 0 Å². The van der Waals surface area contributed by atoms with Crippen LogP contribution in [0, 0.1) is 0 Å². The maximum atomic E-state index is 12.3. The van der Waals surface area contributed by atoms with Crippen LogP contribution in [0.2, 0.25) is 5.02 Å². The van der Waals surface area contributed by atoms with Gasteiger partial charge in [0.25, 0.3) is 0 Å². The van der Waals surface area contributed by atoms with Crippen molar-refractivity contribution in [2.75, 3.05) is 6.54 Å². The number of aliphatic carboxylic acids is 1. The van der Waals surface area contributed by atoms with E-state index in [2.05, 4.69) is 0 Å². The number of nitrogens with zero attached hydrogens (tertiary/aromatic N) is 1. The lowest BCUT2D eigenvalue weighted by Crippen LogP contribution is -2.31. The summed E-state index contributed by atoms with van der Waals surface area (Å²) < 4.78 is 0. The van der Waals surface area contributed by atoms with Gasteiger partial charge >= 0.3 is 5.97 Å². The Bertz CT molecular complexity index is 552. The minimum atomic E-state index is -1.07. The van der Waals surface area contributed by atoms with Crippen LogP contribution in [0.25, 0.3) is 0 Å². The first-order valence-corrected chi connectivity index (χ1v) is 6.69. The highest BCUT2D eigenvalue weighted by Crippen LogP contribution is 2.15. The van der Waals surface area contributed by atoms with Gasteiger partial charge < -0.3 is 10.0 Å². The van der Waals surface area contributed by atoms with Gasteiger partial charge in [0.2, 0.25) is 5.91 Å². The van der Waals surface area contributed by atoms with Crippen molar-refractivity contribution in [3.63, 3.8) is 0 Å². The summed E-state index contributed by atoms with van der Waals surface area (Å²) in [5.41, 5.74) is 1.23. The van der Waals surface area contributed by atoms with E-state index in [-0.39, 0.29) is 17.1 Å². The Hall–Kier alpha value is -1.81. The number of likely N-dealkylation sites (N-methyl/N-ethyl adjacent to an activating group) is 1. The summed E-state index contributed by atoms with van der Waals surface area (Å²) in [7, 11) is 0. The summed E-state index contributed by atoms with van der Waals surface area (Å²) >= 11 is 5.92. The molecule has 0 aliphatic heterocycles. The highest BCUT2D eigenvalue weighted by atomic mass is 35.5. The molecule has 0 aromatic heterocycles. The zero-order valence-corrected chi connectivity index (χ0v) is 12.6. The predicted octanol–water partition coefficient (Wildman–Crippen LogP) is 3.11. The SMILES string of the molecule is CCN(Cc1cccc(Cl)c1)C(=O)C(C)=C(C)C(=O)O. The molecule has 1 N–H and O–H groups in total. The minimum absolute atomic E-state index is 0.0690. The molecule has 0 spiro atoms. The zero-order valence-electron chi connectivity index (χ0n) is 11.8. The summed E-state index contributed by atoms with van der Waals surface area (Å²) in [5.74, 6) is -1.35. The third-order valence-corrected chi connectivity index (χ3v) is 3.37. The Balaban J connectivity index is 2.94. The first kappa shape index (κ1) is 16.2. The van der Waals surface area contributed by atoms with Gasteiger partial charge in [0.05, 0.1) is 0 Å². The van der Waals surface area contributed by atoms with Crippen molar-refractivity contribution in [3.8, 4) is 0 Å². The molecule has 0 radical (unpaired) electrons. The number of carbonyl (C=O) groups excluding carboxylic acids is 1. The van der Waals surface area contributed by atoms with Crippen molar-refractivity contribution in [2.24, 2.45) is 0 Å². The Labute approximate surface area is 123 Å². The number of hydrogen-bond donors (Lipinski definition) is 1. The summed E-state index contributed by atoms with van der Waals surface area (Å²) in [4.78, 5) is 24.8. The van der Waals surface area contributed by atoms with Crippen LogP contribution in [0.5, 0.6) is 0 Å². The Morgan fingerprint density at radius 1 is 1.25 bits per heavy atom. The van der Waals surface area contributed by atoms with E-state index in [1.54, 1.807) is 17.0 Å². The molecule has 0 saturated carbocycles. The van der Waals surface area contributed by atoms with Crippen LogP contribution < -0.4 is 0 Å². The van der Waals surface area contributed by atoms with Crippen molar-refractivity contribution < 1.29 is 14.7 Å². The lowest BCUT2D eigenvalue weighted by molar-refractivity contribution is -0.134. The highest BCUT2D eigenvalue weighted by molar-refractivity contribution is 6.30. The van der Waals surface area contributed by atoms with E-state index in [1.807, 2.05) is 19.1 Å². The molecule has 0 heterocycles. The van der Waals surface area contributed by atoms with Crippen molar-refractivity contribution in [2.45, 2.75) is 27.3 Å². The maximum Gasteiger partial charge on any atom is 0.331 e. The number of rotatable bonds is 5. The fourth-order valence-electron chi connectivity index (χ4n) is 1.74. The topological polar surface area (TPSA) is 57.6 Å². The van der Waals surface area contributed by atoms with Crippen LogP contribution in [0.15, 0.2) is 35.4 Å². The number of hydrogen-bond acceptors (Lipinski definition) is 2. The third kappa shape index (κ3) is 4.10. The monoisotopic (exact) mass is 295 g/mol. The summed E-state index contributed by atoms with van der Waals surface area (Å²) in [5, 5.41) is 9.55. The van der Waals surface area contributed by atoms with E-state index in [1.165, 1.54) is 13.8 Å². The van der Waals surface area contributed by atoms with Crippen LogP contribution in [-0.4, -0.2) is 28.4 Å². The van der Waals surface area contributed by atoms with Gasteiger partial charge in [-0.3, -0.25) is 4.79 Å². The molecule has 0 fully saturated rings. The molecule has 4 nitrogen and oxygen atoms in total. The molecule has 1 amide bonds. The third-order valence-electron chi connectivity index (χ3n) is 3.14. The molecule has 0 saturated heterocycles. The van der Waals surface area contributed by atoms with Crippen LogP contribution in [0.1, 0.15) is 26.3 Å². The lowest BCUT2D eigenvalue weighted by atomic mass is 10.1. The van der Waals surface area contributed by atoms with Gasteiger partial charge in [0, 0.05) is 29.3 Å². The van der Waals surface area contributed by atoms with Gasteiger partial charge in [-0.2, -0.15) is 0 Å². The maximum absolute atomic E-state index is 12.3. The van der Waals surface area contributed by atoms with E-state index in [9.17, 15) is 9.59 Å². The zero-order chi connectivity index (χ0) is 15.3. The van der Waals surface area contributed by atoms with Gasteiger partial charge in [-0.15, -0.1) is 0 Å². The number of benzene rings is 1. The smallest absolute Gasteiger partial charge is 0.331 e. The van der Waals surface area contributed by atoms with Crippen molar-refractivity contribution in [1.82, 2.24) is 4.90 Å². The van der Waals surface area contributed by atoms with Crippen LogP contribution in [-0.2, 0) is 16.1 Å². The molecule has 0 atom stereocenters. The molecule has 0 unspecified atom stereocenters. The van der Waals surface area contributed by atoms with E-state index in [0.717, 1.165) is 5.56 Å². The molecule has 0 aliphatic carbocycles. The molecular formula is C15H18ClNO3. The average Bonchev–Trinajstić information content (AvgIpc) is 2.42. The first-order chi connectivity index (χ1) is 9.36. The van der Waals surface area contributed by atoms with E-state index < -0.39 is 5.97 Å². The molecule has 1 aromatic rings. The second-order valence-electron chi connectivity index (χ2n) is 4.50. The van der Waals surface area contributed by atoms with E-state index in [0.29, 0.717) is 18.1 Å². The molecular weight excluding hydrogens is 278 g/mol. The number of carbonyl (C=O) groups is 2. The second kappa shape index (κ2) is 7.10. The van der Waals surface area contributed by atoms with Crippen LogP contribution in [0.3, 0.4) is 0 Å². The van der Waals surface area contributed by atoms with Crippen LogP contribution in [0.4, 0.5) is 0 Å². The molecule has 20 heavy (non-hydrogen) atoms. The normalized spacial score (nSPS) is 11.8. The standard InChI is InChI=1S/C15H18ClNO3/c1-4-17(9-12-6-5-7-13(16)8-12)14(18)10(2)11(3)15(19)20/h5-8H,4,9H2,1-3H3,(H,19,20). The number of amides is 1. The van der Waals surface area contributed by atoms with Crippen molar-refractivity contribution in [1.29, 1.82) is 0 Å². The molecule has 108 valence electrons. The van der Waals surface area contributed by atoms with Crippen LogP contribution >= 0.6 is 11.6 Å². The summed E-state index contributed by atoms with van der Waals surface area (Å²) in [6.45, 7) is 5.72. The summed E-state index contributed by atoms with van der Waals surface area (Å²) in [6, 6.07) is 7.26. The summed E-state index contributed by atoms with van der Waals surface area (Å²) in [6.07, 6.45) is 0. The van der Waals surface area contributed by atoms with E-state index >= 15 is 0 Å². The van der Waals surface area contributed by atoms with Crippen molar-refractivity contribution in [3.05, 3.63) is 46.0 Å². The minimum Gasteiger partial charge on any atom is -0.478 e. The van der Waals surface area contributed by atoms with Gasteiger partial charge in [0.15, 0.2) is 0 Å². The van der Waals surface area contributed by atoms with Gasteiger partial charge in [-0.1, -0.05) is 23.7 Å². The number of halogens is 1. The number of carboxylic acid groups (broad SMARTS) is 1. The Morgan fingerprint density at radius 3 is 2.40 bits per heavy atom. The van der Waals surface area contributed by atoms with Gasteiger partial charge in [-0.25, -0.2) is 4.79 Å². The highest BCUT2D eigenvalue weighted by Gasteiger charge is 2.18. The Morgan fingerprint density at radius 2 is 1.90 bits per heavy atom. The second-order valence-corrected chi connectivity index (χ2v) is 4.94.